The lowest BCUT2D eigenvalue weighted by atomic mass is 9.92. The van der Waals surface area contributed by atoms with Gasteiger partial charge in [0.2, 0.25) is 0 Å². The zero-order chi connectivity index (χ0) is 29.1. The highest BCUT2D eigenvalue weighted by molar-refractivity contribution is 9.10. The minimum Gasteiger partial charge on any atom is -0.497 e. The van der Waals surface area contributed by atoms with Crippen molar-refractivity contribution in [1.29, 1.82) is 0 Å². The van der Waals surface area contributed by atoms with E-state index in [1.165, 1.54) is 30.6 Å². The fourth-order valence-corrected chi connectivity index (χ4v) is 6.26. The SMILES string of the molecule is CCOC(=O)C1=C2CN(Cc3ccc(OC)cc3)C[C@H](C(=O)OC)N2C(c2nccs2)=N[C@H]1c1ccc(F)cc1Br. The van der Waals surface area contributed by atoms with Gasteiger partial charge in [0.15, 0.2) is 10.8 Å². The minimum absolute atomic E-state index is 0.145. The molecule has 0 amide bonds. The normalized spacial score (nSPS) is 19.0. The first-order valence-corrected chi connectivity index (χ1v) is 14.6. The number of carbonyl (C=O) groups is 2. The molecular formula is C29H28BrFN4O5S. The Morgan fingerprint density at radius 1 is 1.17 bits per heavy atom. The summed E-state index contributed by atoms with van der Waals surface area (Å²) in [5.41, 5.74) is 2.41. The van der Waals surface area contributed by atoms with E-state index in [1.54, 1.807) is 31.2 Å². The number of carbonyl (C=O) groups excluding carboxylic acids is 2. The molecule has 12 heteroatoms. The highest BCUT2D eigenvalue weighted by Gasteiger charge is 2.46. The van der Waals surface area contributed by atoms with Crippen molar-refractivity contribution < 1.29 is 28.2 Å². The zero-order valence-electron chi connectivity index (χ0n) is 22.7. The van der Waals surface area contributed by atoms with Crippen LogP contribution in [0.4, 0.5) is 4.39 Å². The number of rotatable bonds is 8. The molecule has 1 aromatic heterocycles. The summed E-state index contributed by atoms with van der Waals surface area (Å²) in [6.45, 7) is 3.00. The molecule has 41 heavy (non-hydrogen) atoms. The summed E-state index contributed by atoms with van der Waals surface area (Å²) in [7, 11) is 2.95. The van der Waals surface area contributed by atoms with Crippen LogP contribution in [0.5, 0.6) is 5.75 Å². The Labute approximate surface area is 249 Å². The quantitative estimate of drug-likeness (QED) is 0.326. The monoisotopic (exact) mass is 642 g/mol. The largest absolute Gasteiger partial charge is 0.497 e. The number of methoxy groups -OCH3 is 2. The van der Waals surface area contributed by atoms with Crippen LogP contribution in [0, 0.1) is 5.82 Å². The van der Waals surface area contributed by atoms with Crippen molar-refractivity contribution >= 4 is 45.0 Å². The van der Waals surface area contributed by atoms with Crippen molar-refractivity contribution in [3.63, 3.8) is 0 Å². The van der Waals surface area contributed by atoms with E-state index in [0.717, 1.165) is 11.3 Å². The predicted octanol–water partition coefficient (Wildman–Crippen LogP) is 4.73. The Hall–Kier alpha value is -3.61. The third-order valence-corrected chi connectivity index (χ3v) is 8.34. The van der Waals surface area contributed by atoms with E-state index in [1.807, 2.05) is 29.6 Å². The lowest BCUT2D eigenvalue weighted by Crippen LogP contribution is -2.59. The van der Waals surface area contributed by atoms with Crippen LogP contribution < -0.4 is 4.74 Å². The maximum atomic E-state index is 14.1. The summed E-state index contributed by atoms with van der Waals surface area (Å²) >= 11 is 4.83. The molecule has 2 atom stereocenters. The fraction of sp³-hybridized carbons (Fsp3) is 0.310. The topological polar surface area (TPSA) is 93.6 Å². The lowest BCUT2D eigenvalue weighted by Gasteiger charge is -2.46. The molecule has 214 valence electrons. The smallest absolute Gasteiger partial charge is 0.338 e. The van der Waals surface area contributed by atoms with Crippen LogP contribution in [0.1, 0.15) is 29.1 Å². The summed E-state index contributed by atoms with van der Waals surface area (Å²) < 4.78 is 30.6. The third kappa shape index (κ3) is 5.90. The molecule has 2 aliphatic heterocycles. The molecule has 3 aromatic rings. The Bertz CT molecular complexity index is 1500. The van der Waals surface area contributed by atoms with Crippen LogP contribution >= 0.6 is 27.3 Å². The summed E-state index contributed by atoms with van der Waals surface area (Å²) in [6, 6.07) is 10.3. The number of nitrogens with zero attached hydrogens (tertiary/aromatic N) is 4. The van der Waals surface area contributed by atoms with Crippen molar-refractivity contribution in [1.82, 2.24) is 14.8 Å². The molecule has 9 nitrogen and oxygen atoms in total. The molecule has 1 saturated heterocycles. The molecular weight excluding hydrogens is 615 g/mol. The first kappa shape index (κ1) is 28.9. The van der Waals surface area contributed by atoms with Gasteiger partial charge in [-0.3, -0.25) is 9.89 Å². The van der Waals surface area contributed by atoms with E-state index in [-0.39, 0.29) is 12.2 Å². The van der Waals surface area contributed by atoms with Gasteiger partial charge in [0.05, 0.1) is 26.4 Å². The Kier molecular flexibility index (Phi) is 8.81. The molecule has 0 radical (unpaired) electrons. The van der Waals surface area contributed by atoms with Crippen molar-refractivity contribution in [2.75, 3.05) is 33.9 Å². The van der Waals surface area contributed by atoms with Gasteiger partial charge in [0, 0.05) is 41.4 Å². The first-order valence-electron chi connectivity index (χ1n) is 12.9. The van der Waals surface area contributed by atoms with Gasteiger partial charge in [-0.05, 0) is 42.3 Å². The number of hydrogen-bond donors (Lipinski definition) is 0. The molecule has 0 N–H and O–H groups in total. The number of thiazole rings is 1. The van der Waals surface area contributed by atoms with Gasteiger partial charge in [-0.1, -0.05) is 34.1 Å². The number of benzene rings is 2. The third-order valence-electron chi connectivity index (χ3n) is 6.89. The maximum Gasteiger partial charge on any atom is 0.338 e. The second kappa shape index (κ2) is 12.5. The Balaban J connectivity index is 1.68. The van der Waals surface area contributed by atoms with Gasteiger partial charge < -0.3 is 19.1 Å². The fourth-order valence-electron chi connectivity index (χ4n) is 5.07. The number of piperazine rings is 1. The van der Waals surface area contributed by atoms with Crippen molar-refractivity contribution in [2.45, 2.75) is 25.6 Å². The average Bonchev–Trinajstić information content (AvgIpc) is 3.51. The van der Waals surface area contributed by atoms with E-state index >= 15 is 0 Å². The first-order chi connectivity index (χ1) is 19.8. The number of halogens is 2. The van der Waals surface area contributed by atoms with Gasteiger partial charge in [-0.2, -0.15) is 0 Å². The maximum absolute atomic E-state index is 14.1. The number of amidine groups is 1. The van der Waals surface area contributed by atoms with E-state index in [0.29, 0.717) is 46.2 Å². The van der Waals surface area contributed by atoms with Gasteiger partial charge in [0.1, 0.15) is 23.7 Å². The number of aliphatic imine (C=N–C) groups is 1. The lowest BCUT2D eigenvalue weighted by molar-refractivity contribution is -0.147. The van der Waals surface area contributed by atoms with E-state index in [9.17, 15) is 14.0 Å². The summed E-state index contributed by atoms with van der Waals surface area (Å²) in [5.74, 6) is -0.297. The van der Waals surface area contributed by atoms with Crippen LogP contribution in [0.2, 0.25) is 0 Å². The average molecular weight is 644 g/mol. The second-order valence-electron chi connectivity index (χ2n) is 9.37. The van der Waals surface area contributed by atoms with E-state index < -0.39 is 29.8 Å². The van der Waals surface area contributed by atoms with Crippen LogP contribution in [-0.2, 0) is 25.6 Å². The minimum atomic E-state index is -0.839. The molecule has 2 aliphatic rings. The Morgan fingerprint density at radius 3 is 2.59 bits per heavy atom. The summed E-state index contributed by atoms with van der Waals surface area (Å²) in [4.78, 5) is 40.3. The van der Waals surface area contributed by atoms with E-state index in [2.05, 4.69) is 25.8 Å². The van der Waals surface area contributed by atoms with Crippen molar-refractivity contribution in [3.8, 4) is 5.75 Å². The van der Waals surface area contributed by atoms with Crippen LogP contribution in [0.25, 0.3) is 0 Å². The van der Waals surface area contributed by atoms with Gasteiger partial charge in [-0.25, -0.2) is 19.0 Å². The highest BCUT2D eigenvalue weighted by Crippen LogP contribution is 2.42. The molecule has 2 aromatic carbocycles. The van der Waals surface area contributed by atoms with Crippen molar-refractivity contribution in [3.05, 3.63) is 91.7 Å². The molecule has 0 spiro atoms. The van der Waals surface area contributed by atoms with E-state index in [4.69, 9.17) is 19.2 Å². The van der Waals surface area contributed by atoms with Gasteiger partial charge in [-0.15, -0.1) is 11.3 Å². The van der Waals surface area contributed by atoms with Crippen LogP contribution in [0.3, 0.4) is 0 Å². The van der Waals surface area contributed by atoms with Gasteiger partial charge in [0.25, 0.3) is 0 Å². The molecule has 0 saturated carbocycles. The number of ether oxygens (including phenoxy) is 3. The Morgan fingerprint density at radius 2 is 1.95 bits per heavy atom. The zero-order valence-corrected chi connectivity index (χ0v) is 25.1. The molecule has 0 bridgehead atoms. The second-order valence-corrected chi connectivity index (χ2v) is 11.1. The molecule has 3 heterocycles. The summed E-state index contributed by atoms with van der Waals surface area (Å²) in [5, 5.41) is 2.39. The molecule has 1 fully saturated rings. The van der Waals surface area contributed by atoms with Crippen molar-refractivity contribution in [2.24, 2.45) is 4.99 Å². The number of esters is 2. The number of aromatic nitrogens is 1. The molecule has 5 rings (SSSR count). The highest BCUT2D eigenvalue weighted by atomic mass is 79.9. The van der Waals surface area contributed by atoms with Gasteiger partial charge >= 0.3 is 11.9 Å². The van der Waals surface area contributed by atoms with Crippen LogP contribution in [0.15, 0.2) is 74.8 Å². The van der Waals surface area contributed by atoms with Crippen LogP contribution in [-0.4, -0.2) is 72.5 Å². The molecule has 0 unspecified atom stereocenters. The summed E-state index contributed by atoms with van der Waals surface area (Å²) in [6.07, 6.45) is 1.66. The predicted molar refractivity (Wildman–Crippen MR) is 155 cm³/mol. The number of fused-ring (bicyclic) bond motifs is 1. The molecule has 0 aliphatic carbocycles. The number of hydrogen-bond acceptors (Lipinski definition) is 10. The standard InChI is InChI=1S/C29H28BrFN4O5S/c1-4-40-29(37)24-22-15-34(14-17-5-8-19(38-2)9-6-17)16-23(28(36)39-3)35(22)26(27-32-11-12-41-27)33-25(24)20-10-7-18(31)13-21(20)30/h5-13,23,25H,4,14-16H2,1-3H3/t23-,25+/m1/s1.